The van der Waals surface area contributed by atoms with Crippen molar-refractivity contribution in [2.45, 2.75) is 13.2 Å². The molecule has 0 aliphatic carbocycles. The van der Waals surface area contributed by atoms with Crippen LogP contribution in [-0.2, 0) is 27.9 Å². The third kappa shape index (κ3) is 7.32. The van der Waals surface area contributed by atoms with Gasteiger partial charge in [0, 0.05) is 15.7 Å². The van der Waals surface area contributed by atoms with E-state index in [2.05, 4.69) is 27.9 Å². The number of ether oxygens (including phenoxy) is 1. The SMILES string of the molecule is CS(=O)(=O)N(Cc1ccc(C(=O)NCCOCc2ccccc2)cc1)c1ccc(I)cc1. The maximum atomic E-state index is 12.4. The Balaban J connectivity index is 1.52. The van der Waals surface area contributed by atoms with Crippen LogP contribution in [0.4, 0.5) is 5.69 Å². The fourth-order valence-electron chi connectivity index (χ4n) is 3.04. The van der Waals surface area contributed by atoms with Gasteiger partial charge in [0.2, 0.25) is 10.0 Å². The van der Waals surface area contributed by atoms with Crippen LogP contribution in [0.25, 0.3) is 0 Å². The second kappa shape index (κ2) is 11.4. The van der Waals surface area contributed by atoms with Crippen LogP contribution in [0.2, 0.25) is 0 Å². The van der Waals surface area contributed by atoms with Gasteiger partial charge in [-0.25, -0.2) is 8.42 Å². The molecular weight excluding hydrogens is 539 g/mol. The second-order valence-electron chi connectivity index (χ2n) is 7.24. The number of carbonyl (C=O) groups excluding carboxylic acids is 1. The number of benzene rings is 3. The van der Waals surface area contributed by atoms with Crippen LogP contribution >= 0.6 is 22.6 Å². The van der Waals surface area contributed by atoms with E-state index in [9.17, 15) is 13.2 Å². The molecule has 3 aromatic carbocycles. The molecule has 6 nitrogen and oxygen atoms in total. The lowest BCUT2D eigenvalue weighted by Crippen LogP contribution is -2.29. The molecule has 0 unspecified atom stereocenters. The Kier molecular flexibility index (Phi) is 8.66. The maximum absolute atomic E-state index is 12.4. The Morgan fingerprint density at radius 1 is 0.938 bits per heavy atom. The standard InChI is InChI=1S/C24H25IN2O4S/c1-32(29,30)27(23-13-11-22(25)12-14-23)17-19-7-9-21(10-8-19)24(28)26-15-16-31-18-20-5-3-2-4-6-20/h2-14H,15-18H2,1H3,(H,26,28). The predicted molar refractivity (Wildman–Crippen MR) is 135 cm³/mol. The van der Waals surface area contributed by atoms with Crippen molar-refractivity contribution in [3.05, 3.63) is 99.1 Å². The summed E-state index contributed by atoms with van der Waals surface area (Å²) in [7, 11) is -3.46. The first-order valence-corrected chi connectivity index (χ1v) is 13.0. The monoisotopic (exact) mass is 564 g/mol. The average Bonchev–Trinajstić information content (AvgIpc) is 2.78. The molecule has 0 bridgehead atoms. The van der Waals surface area contributed by atoms with Crippen molar-refractivity contribution >= 4 is 44.2 Å². The zero-order chi connectivity index (χ0) is 23.0. The Hall–Kier alpha value is -2.43. The van der Waals surface area contributed by atoms with Crippen LogP contribution in [0.3, 0.4) is 0 Å². The van der Waals surface area contributed by atoms with Gasteiger partial charge in [0.1, 0.15) is 0 Å². The number of halogens is 1. The van der Waals surface area contributed by atoms with E-state index in [1.54, 1.807) is 36.4 Å². The molecule has 3 rings (SSSR count). The van der Waals surface area contributed by atoms with Crippen molar-refractivity contribution in [2.75, 3.05) is 23.7 Å². The van der Waals surface area contributed by atoms with Crippen molar-refractivity contribution in [1.29, 1.82) is 0 Å². The Labute approximate surface area is 202 Å². The molecule has 3 aromatic rings. The summed E-state index contributed by atoms with van der Waals surface area (Å²) < 4.78 is 32.6. The highest BCUT2D eigenvalue weighted by Gasteiger charge is 2.18. The van der Waals surface area contributed by atoms with E-state index < -0.39 is 10.0 Å². The summed E-state index contributed by atoms with van der Waals surface area (Å²) in [5.41, 5.74) is 2.99. The number of sulfonamides is 1. The summed E-state index contributed by atoms with van der Waals surface area (Å²) in [6, 6.07) is 24.1. The van der Waals surface area contributed by atoms with E-state index in [1.807, 2.05) is 42.5 Å². The number of nitrogens with zero attached hydrogens (tertiary/aromatic N) is 1. The molecule has 1 N–H and O–H groups in total. The molecule has 0 aliphatic rings. The van der Waals surface area contributed by atoms with Crippen molar-refractivity contribution in [3.63, 3.8) is 0 Å². The lowest BCUT2D eigenvalue weighted by Gasteiger charge is -2.22. The first-order valence-electron chi connectivity index (χ1n) is 10.0. The third-order valence-electron chi connectivity index (χ3n) is 4.70. The van der Waals surface area contributed by atoms with Crippen molar-refractivity contribution in [3.8, 4) is 0 Å². The average molecular weight is 564 g/mol. The predicted octanol–water partition coefficient (Wildman–Crippen LogP) is 4.20. The summed E-state index contributed by atoms with van der Waals surface area (Å²) in [6.07, 6.45) is 1.19. The number of anilines is 1. The van der Waals surface area contributed by atoms with Crippen LogP contribution in [-0.4, -0.2) is 33.7 Å². The fraction of sp³-hybridized carbons (Fsp3) is 0.208. The van der Waals surface area contributed by atoms with E-state index >= 15 is 0 Å². The molecule has 1 amide bonds. The Morgan fingerprint density at radius 2 is 1.59 bits per heavy atom. The smallest absolute Gasteiger partial charge is 0.251 e. The summed E-state index contributed by atoms with van der Waals surface area (Å²) in [6.45, 7) is 1.51. The summed E-state index contributed by atoms with van der Waals surface area (Å²) >= 11 is 2.18. The van der Waals surface area contributed by atoms with E-state index in [0.717, 1.165) is 14.7 Å². The number of amides is 1. The molecular formula is C24H25IN2O4S. The van der Waals surface area contributed by atoms with Crippen LogP contribution < -0.4 is 9.62 Å². The van der Waals surface area contributed by atoms with Gasteiger partial charge in [-0.1, -0.05) is 42.5 Å². The van der Waals surface area contributed by atoms with Gasteiger partial charge in [-0.3, -0.25) is 9.10 Å². The van der Waals surface area contributed by atoms with Crippen molar-refractivity contribution < 1.29 is 17.9 Å². The lowest BCUT2D eigenvalue weighted by atomic mass is 10.1. The minimum Gasteiger partial charge on any atom is -0.375 e. The zero-order valence-electron chi connectivity index (χ0n) is 17.7. The van der Waals surface area contributed by atoms with E-state index in [4.69, 9.17) is 4.74 Å². The molecule has 0 saturated heterocycles. The third-order valence-corrected chi connectivity index (χ3v) is 6.56. The molecule has 0 aliphatic heterocycles. The second-order valence-corrected chi connectivity index (χ2v) is 10.4. The van der Waals surface area contributed by atoms with E-state index in [-0.39, 0.29) is 12.5 Å². The Bertz CT molecular complexity index is 1120. The zero-order valence-corrected chi connectivity index (χ0v) is 20.7. The van der Waals surface area contributed by atoms with Gasteiger partial charge in [0.15, 0.2) is 0 Å². The van der Waals surface area contributed by atoms with Gasteiger partial charge in [-0.2, -0.15) is 0 Å². The summed E-state index contributed by atoms with van der Waals surface area (Å²) in [5, 5.41) is 2.83. The minimum atomic E-state index is -3.46. The van der Waals surface area contributed by atoms with Gasteiger partial charge in [0.05, 0.1) is 31.7 Å². The molecule has 168 valence electrons. The summed E-state index contributed by atoms with van der Waals surface area (Å²) in [5.74, 6) is -0.197. The molecule has 0 atom stereocenters. The van der Waals surface area contributed by atoms with Gasteiger partial charge in [-0.15, -0.1) is 0 Å². The largest absolute Gasteiger partial charge is 0.375 e. The van der Waals surface area contributed by atoms with E-state index in [1.165, 1.54) is 10.6 Å². The first kappa shape index (κ1) is 24.2. The number of nitrogens with one attached hydrogen (secondary N) is 1. The fourth-order valence-corrected chi connectivity index (χ4v) is 4.29. The highest BCUT2D eigenvalue weighted by Crippen LogP contribution is 2.22. The highest BCUT2D eigenvalue weighted by molar-refractivity contribution is 14.1. The molecule has 0 spiro atoms. The van der Waals surface area contributed by atoms with Crippen LogP contribution in [0.1, 0.15) is 21.5 Å². The molecule has 0 heterocycles. The Morgan fingerprint density at radius 3 is 2.22 bits per heavy atom. The lowest BCUT2D eigenvalue weighted by molar-refractivity contribution is 0.0901. The maximum Gasteiger partial charge on any atom is 0.251 e. The minimum absolute atomic E-state index is 0.189. The van der Waals surface area contributed by atoms with Crippen molar-refractivity contribution in [1.82, 2.24) is 5.32 Å². The topological polar surface area (TPSA) is 75.7 Å². The van der Waals surface area contributed by atoms with Gasteiger partial charge in [-0.05, 0) is 70.1 Å². The first-order chi connectivity index (χ1) is 15.3. The number of hydrogen-bond acceptors (Lipinski definition) is 4. The number of hydrogen-bond donors (Lipinski definition) is 1. The van der Waals surface area contributed by atoms with Crippen LogP contribution in [0.15, 0.2) is 78.9 Å². The van der Waals surface area contributed by atoms with Crippen molar-refractivity contribution in [2.24, 2.45) is 0 Å². The molecule has 8 heteroatoms. The van der Waals surface area contributed by atoms with Crippen LogP contribution in [0.5, 0.6) is 0 Å². The quantitative estimate of drug-likeness (QED) is 0.296. The van der Waals surface area contributed by atoms with E-state index in [0.29, 0.717) is 31.0 Å². The molecule has 0 saturated carbocycles. The normalized spacial score (nSPS) is 11.2. The summed E-state index contributed by atoms with van der Waals surface area (Å²) in [4.78, 5) is 12.4. The van der Waals surface area contributed by atoms with Gasteiger partial charge >= 0.3 is 0 Å². The molecule has 0 radical (unpaired) electrons. The van der Waals surface area contributed by atoms with Gasteiger partial charge < -0.3 is 10.1 Å². The molecule has 32 heavy (non-hydrogen) atoms. The molecule has 0 aromatic heterocycles. The molecule has 0 fully saturated rings. The number of carbonyl (C=O) groups is 1. The number of rotatable bonds is 10. The highest BCUT2D eigenvalue weighted by atomic mass is 127. The van der Waals surface area contributed by atoms with Crippen LogP contribution in [0, 0.1) is 3.57 Å². The van der Waals surface area contributed by atoms with Gasteiger partial charge in [0.25, 0.3) is 5.91 Å².